The zero-order chi connectivity index (χ0) is 23.2. The van der Waals surface area contributed by atoms with Crippen LogP contribution in [0.3, 0.4) is 0 Å². The van der Waals surface area contributed by atoms with E-state index in [1.165, 1.54) is 23.3 Å². The quantitative estimate of drug-likeness (QED) is 0.532. The Morgan fingerprint density at radius 1 is 1.09 bits per heavy atom. The highest BCUT2D eigenvalue weighted by molar-refractivity contribution is 5.96. The standard InChI is InChI=1S/C26H27FN2O4/c1-32-20-14-12-18(13-15-20)17-29(26(31)23-11-6-16-33-23)24(21-9-4-5-10-22(21)27)25(30)28-19-7-2-3-8-19/h4-6,9-16,19,24H,2-3,7-8,17H2,1H3,(H,28,30)/t24-/m0/s1. The summed E-state index contributed by atoms with van der Waals surface area (Å²) in [6, 6.07) is 15.3. The van der Waals surface area contributed by atoms with E-state index < -0.39 is 23.7 Å². The molecule has 1 heterocycles. The van der Waals surface area contributed by atoms with Crippen LogP contribution in [0.5, 0.6) is 5.75 Å². The number of nitrogens with zero attached hydrogens (tertiary/aromatic N) is 1. The van der Waals surface area contributed by atoms with Crippen molar-refractivity contribution in [2.45, 2.75) is 44.3 Å². The molecule has 1 N–H and O–H groups in total. The number of halogens is 1. The predicted molar refractivity (Wildman–Crippen MR) is 121 cm³/mol. The molecule has 2 aromatic carbocycles. The summed E-state index contributed by atoms with van der Waals surface area (Å²) >= 11 is 0. The summed E-state index contributed by atoms with van der Waals surface area (Å²) in [6.45, 7) is 0.0839. The molecule has 0 radical (unpaired) electrons. The fraction of sp³-hybridized carbons (Fsp3) is 0.308. The second kappa shape index (κ2) is 10.3. The first-order valence-electron chi connectivity index (χ1n) is 11.1. The molecule has 0 aliphatic heterocycles. The zero-order valence-electron chi connectivity index (χ0n) is 18.5. The molecule has 172 valence electrons. The molecule has 4 rings (SSSR count). The van der Waals surface area contributed by atoms with Crippen LogP contribution in [0.4, 0.5) is 4.39 Å². The number of benzene rings is 2. The Kier molecular flexibility index (Phi) is 7.07. The Bertz CT molecular complexity index is 1080. The van der Waals surface area contributed by atoms with Gasteiger partial charge in [-0.25, -0.2) is 4.39 Å². The Labute approximate surface area is 192 Å². The normalized spacial score (nSPS) is 14.6. The SMILES string of the molecule is COc1ccc(CN(C(=O)c2ccco2)[C@H](C(=O)NC2CCCC2)c2ccccc2F)cc1. The molecule has 1 aliphatic carbocycles. The fourth-order valence-corrected chi connectivity index (χ4v) is 4.25. The minimum absolute atomic E-state index is 0.0216. The van der Waals surface area contributed by atoms with E-state index in [4.69, 9.17) is 9.15 Å². The van der Waals surface area contributed by atoms with Crippen LogP contribution in [0.25, 0.3) is 0 Å². The Balaban J connectivity index is 1.74. The summed E-state index contributed by atoms with van der Waals surface area (Å²) in [6.07, 6.45) is 5.22. The van der Waals surface area contributed by atoms with E-state index in [2.05, 4.69) is 5.32 Å². The van der Waals surface area contributed by atoms with E-state index >= 15 is 0 Å². The van der Waals surface area contributed by atoms with Crippen molar-refractivity contribution >= 4 is 11.8 Å². The third-order valence-electron chi connectivity index (χ3n) is 5.97. The number of carbonyl (C=O) groups excluding carboxylic acids is 2. The lowest BCUT2D eigenvalue weighted by molar-refractivity contribution is -0.127. The molecule has 0 bridgehead atoms. The predicted octanol–water partition coefficient (Wildman–Crippen LogP) is 4.87. The zero-order valence-corrected chi connectivity index (χ0v) is 18.5. The first kappa shape index (κ1) is 22.6. The number of nitrogens with one attached hydrogen (secondary N) is 1. The van der Waals surface area contributed by atoms with Crippen LogP contribution >= 0.6 is 0 Å². The molecule has 1 atom stereocenters. The van der Waals surface area contributed by atoms with E-state index in [9.17, 15) is 14.0 Å². The van der Waals surface area contributed by atoms with Crippen molar-refractivity contribution in [3.63, 3.8) is 0 Å². The van der Waals surface area contributed by atoms with Crippen molar-refractivity contribution in [3.8, 4) is 5.75 Å². The minimum Gasteiger partial charge on any atom is -0.497 e. The van der Waals surface area contributed by atoms with Gasteiger partial charge in [-0.15, -0.1) is 0 Å². The molecule has 1 saturated carbocycles. The van der Waals surface area contributed by atoms with Crippen LogP contribution in [-0.4, -0.2) is 29.9 Å². The molecular formula is C26H27FN2O4. The number of amides is 2. The molecule has 2 amide bonds. The molecule has 0 spiro atoms. The summed E-state index contributed by atoms with van der Waals surface area (Å²) in [7, 11) is 1.57. The van der Waals surface area contributed by atoms with Crippen LogP contribution in [0.2, 0.25) is 0 Å². The number of carbonyl (C=O) groups is 2. The van der Waals surface area contributed by atoms with Crippen molar-refractivity contribution in [2.75, 3.05) is 7.11 Å². The molecule has 0 unspecified atom stereocenters. The van der Waals surface area contributed by atoms with Crippen LogP contribution < -0.4 is 10.1 Å². The number of furan rings is 1. The lowest BCUT2D eigenvalue weighted by atomic mass is 10.0. The van der Waals surface area contributed by atoms with Gasteiger partial charge in [0.1, 0.15) is 17.6 Å². The lowest BCUT2D eigenvalue weighted by Gasteiger charge is -2.32. The van der Waals surface area contributed by atoms with Crippen molar-refractivity contribution in [3.05, 3.63) is 89.6 Å². The highest BCUT2D eigenvalue weighted by atomic mass is 19.1. The Hall–Kier alpha value is -3.61. The maximum atomic E-state index is 15.0. The van der Waals surface area contributed by atoms with Gasteiger partial charge in [0.2, 0.25) is 5.91 Å². The smallest absolute Gasteiger partial charge is 0.290 e. The van der Waals surface area contributed by atoms with Crippen LogP contribution in [0.15, 0.2) is 71.3 Å². The van der Waals surface area contributed by atoms with Gasteiger partial charge >= 0.3 is 0 Å². The van der Waals surface area contributed by atoms with Crippen molar-refractivity contribution in [2.24, 2.45) is 0 Å². The number of ether oxygens (including phenoxy) is 1. The molecule has 1 aromatic heterocycles. The number of hydrogen-bond acceptors (Lipinski definition) is 4. The lowest BCUT2D eigenvalue weighted by Crippen LogP contribution is -2.46. The third-order valence-corrected chi connectivity index (χ3v) is 5.97. The van der Waals surface area contributed by atoms with E-state index in [-0.39, 0.29) is 23.9 Å². The van der Waals surface area contributed by atoms with Crippen molar-refractivity contribution < 1.29 is 23.1 Å². The molecule has 7 heteroatoms. The van der Waals surface area contributed by atoms with Crippen LogP contribution in [0, 0.1) is 5.82 Å². The maximum absolute atomic E-state index is 15.0. The van der Waals surface area contributed by atoms with Gasteiger partial charge in [0, 0.05) is 18.2 Å². The molecule has 3 aromatic rings. The minimum atomic E-state index is -1.16. The highest BCUT2D eigenvalue weighted by Gasteiger charge is 2.36. The van der Waals surface area contributed by atoms with E-state index in [1.54, 1.807) is 43.5 Å². The van der Waals surface area contributed by atoms with Gasteiger partial charge < -0.3 is 19.4 Å². The van der Waals surface area contributed by atoms with Gasteiger partial charge in [-0.1, -0.05) is 43.2 Å². The summed E-state index contributed by atoms with van der Waals surface area (Å²) < 4.78 is 25.5. The van der Waals surface area contributed by atoms with Crippen LogP contribution in [0.1, 0.15) is 53.4 Å². The van der Waals surface area contributed by atoms with Gasteiger partial charge in [-0.2, -0.15) is 0 Å². The average Bonchev–Trinajstić information content (AvgIpc) is 3.54. The Morgan fingerprint density at radius 3 is 2.45 bits per heavy atom. The topological polar surface area (TPSA) is 71.8 Å². The van der Waals surface area contributed by atoms with Crippen molar-refractivity contribution in [1.82, 2.24) is 10.2 Å². The van der Waals surface area contributed by atoms with E-state index in [1.807, 2.05) is 12.1 Å². The molecule has 6 nitrogen and oxygen atoms in total. The average molecular weight is 451 g/mol. The van der Waals surface area contributed by atoms with Gasteiger partial charge in [0.15, 0.2) is 5.76 Å². The second-order valence-electron chi connectivity index (χ2n) is 8.17. The first-order chi connectivity index (χ1) is 16.1. The van der Waals surface area contributed by atoms with Gasteiger partial charge in [-0.05, 0) is 48.7 Å². The van der Waals surface area contributed by atoms with E-state index in [0.29, 0.717) is 5.75 Å². The number of rotatable bonds is 8. The summed E-state index contributed by atoms with van der Waals surface area (Å²) in [4.78, 5) is 28.4. The van der Waals surface area contributed by atoms with Crippen molar-refractivity contribution in [1.29, 1.82) is 0 Å². The first-order valence-corrected chi connectivity index (χ1v) is 11.1. The number of methoxy groups -OCH3 is 1. The molecule has 1 fully saturated rings. The molecule has 0 saturated heterocycles. The number of hydrogen-bond donors (Lipinski definition) is 1. The van der Waals surface area contributed by atoms with Crippen LogP contribution in [-0.2, 0) is 11.3 Å². The van der Waals surface area contributed by atoms with E-state index in [0.717, 1.165) is 31.2 Å². The Morgan fingerprint density at radius 2 is 1.82 bits per heavy atom. The van der Waals surface area contributed by atoms with Gasteiger partial charge in [0.25, 0.3) is 5.91 Å². The summed E-state index contributed by atoms with van der Waals surface area (Å²) in [5.41, 5.74) is 0.909. The molecular weight excluding hydrogens is 423 g/mol. The molecule has 1 aliphatic rings. The second-order valence-corrected chi connectivity index (χ2v) is 8.17. The summed E-state index contributed by atoms with van der Waals surface area (Å²) in [5, 5.41) is 3.04. The molecule has 33 heavy (non-hydrogen) atoms. The maximum Gasteiger partial charge on any atom is 0.290 e. The van der Waals surface area contributed by atoms with Gasteiger partial charge in [0.05, 0.1) is 13.4 Å². The summed E-state index contributed by atoms with van der Waals surface area (Å²) in [5.74, 6) is -0.687. The van der Waals surface area contributed by atoms with Gasteiger partial charge in [-0.3, -0.25) is 9.59 Å². The third kappa shape index (κ3) is 5.25. The fourth-order valence-electron chi connectivity index (χ4n) is 4.25. The largest absolute Gasteiger partial charge is 0.497 e. The highest BCUT2D eigenvalue weighted by Crippen LogP contribution is 2.29. The monoisotopic (exact) mass is 450 g/mol.